The van der Waals surface area contributed by atoms with E-state index in [0.29, 0.717) is 23.5 Å². The predicted molar refractivity (Wildman–Crippen MR) is 70.5 cm³/mol. The van der Waals surface area contributed by atoms with Crippen LogP contribution in [0, 0.1) is 0 Å². The van der Waals surface area contributed by atoms with Crippen LogP contribution in [0.4, 0.5) is 11.4 Å². The van der Waals surface area contributed by atoms with Crippen LogP contribution >= 0.6 is 0 Å². The molecule has 0 spiro atoms. The number of hydrogen-bond acceptors (Lipinski definition) is 6. The van der Waals surface area contributed by atoms with Gasteiger partial charge in [-0.3, -0.25) is 0 Å². The van der Waals surface area contributed by atoms with Gasteiger partial charge in [0.05, 0.1) is 19.2 Å². The Kier molecular flexibility index (Phi) is 3.65. The fraction of sp³-hybridized carbons (Fsp3) is 0.250. The van der Waals surface area contributed by atoms with Gasteiger partial charge < -0.3 is 20.4 Å². The molecule has 1 aromatic heterocycles. The minimum absolute atomic E-state index is 0.393. The smallest absolute Gasteiger partial charge is 0.340 e. The molecule has 3 N–H and O–H groups in total. The van der Waals surface area contributed by atoms with Gasteiger partial charge >= 0.3 is 5.97 Å². The second kappa shape index (κ2) is 5.38. The number of hydrogen-bond donors (Lipinski definition) is 2. The number of anilines is 2. The quantitative estimate of drug-likeness (QED) is 0.624. The molecule has 0 fully saturated rings. The number of rotatable bonds is 4. The van der Waals surface area contributed by atoms with Gasteiger partial charge in [-0.15, -0.1) is 10.2 Å². The molecule has 0 unspecified atom stereocenters. The summed E-state index contributed by atoms with van der Waals surface area (Å²) in [6.07, 6.45) is 1.61. The van der Waals surface area contributed by atoms with E-state index in [1.807, 2.05) is 7.05 Å². The van der Waals surface area contributed by atoms with Gasteiger partial charge in [0.25, 0.3) is 0 Å². The monoisotopic (exact) mass is 261 g/mol. The van der Waals surface area contributed by atoms with Crippen LogP contribution in [0.25, 0.3) is 0 Å². The lowest BCUT2D eigenvalue weighted by Gasteiger charge is -2.11. The third kappa shape index (κ3) is 2.82. The maximum atomic E-state index is 11.7. The number of esters is 1. The maximum Gasteiger partial charge on any atom is 0.340 e. The molecular formula is C12H15N5O2. The van der Waals surface area contributed by atoms with Crippen LogP contribution < -0.4 is 11.1 Å². The molecule has 0 aliphatic heterocycles. The average Bonchev–Trinajstić information content (AvgIpc) is 2.82. The molecule has 2 aromatic rings. The maximum absolute atomic E-state index is 11.7. The highest BCUT2D eigenvalue weighted by Crippen LogP contribution is 2.20. The van der Waals surface area contributed by atoms with Gasteiger partial charge in [-0.05, 0) is 18.2 Å². The van der Waals surface area contributed by atoms with Crippen molar-refractivity contribution in [1.82, 2.24) is 14.8 Å². The van der Waals surface area contributed by atoms with E-state index in [1.54, 1.807) is 29.1 Å². The third-order valence-electron chi connectivity index (χ3n) is 2.69. The number of benzene rings is 1. The SMILES string of the molecule is COC(=O)c1cc(N)ccc1NCc1nncn1C. The van der Waals surface area contributed by atoms with Crippen LogP contribution in [0.15, 0.2) is 24.5 Å². The highest BCUT2D eigenvalue weighted by Gasteiger charge is 2.12. The lowest BCUT2D eigenvalue weighted by Crippen LogP contribution is -2.11. The molecule has 0 radical (unpaired) electrons. The summed E-state index contributed by atoms with van der Waals surface area (Å²) < 4.78 is 6.52. The molecule has 1 aromatic carbocycles. The van der Waals surface area contributed by atoms with Crippen molar-refractivity contribution >= 4 is 17.3 Å². The zero-order chi connectivity index (χ0) is 13.8. The Morgan fingerprint density at radius 1 is 1.53 bits per heavy atom. The van der Waals surface area contributed by atoms with Crippen molar-refractivity contribution in [1.29, 1.82) is 0 Å². The number of nitrogen functional groups attached to an aromatic ring is 1. The van der Waals surface area contributed by atoms with E-state index in [0.717, 1.165) is 5.82 Å². The first-order chi connectivity index (χ1) is 9.11. The zero-order valence-corrected chi connectivity index (χ0v) is 10.8. The van der Waals surface area contributed by atoms with Gasteiger partial charge in [0.1, 0.15) is 6.33 Å². The van der Waals surface area contributed by atoms with Gasteiger partial charge in [-0.1, -0.05) is 0 Å². The van der Waals surface area contributed by atoms with Crippen molar-refractivity contribution in [2.75, 3.05) is 18.2 Å². The molecule has 7 heteroatoms. The third-order valence-corrected chi connectivity index (χ3v) is 2.69. The van der Waals surface area contributed by atoms with Crippen LogP contribution in [0.1, 0.15) is 16.2 Å². The number of nitrogens with zero attached hydrogens (tertiary/aromatic N) is 3. The number of aryl methyl sites for hydroxylation is 1. The van der Waals surface area contributed by atoms with Crippen LogP contribution in [0.3, 0.4) is 0 Å². The first-order valence-corrected chi connectivity index (χ1v) is 5.66. The van der Waals surface area contributed by atoms with E-state index in [-0.39, 0.29) is 0 Å². The summed E-state index contributed by atoms with van der Waals surface area (Å²) in [5, 5.41) is 10.9. The summed E-state index contributed by atoms with van der Waals surface area (Å²) in [4.78, 5) is 11.7. The Balaban J connectivity index is 2.20. The number of nitrogens with two attached hydrogens (primary N) is 1. The first-order valence-electron chi connectivity index (χ1n) is 5.66. The van der Waals surface area contributed by atoms with E-state index in [4.69, 9.17) is 10.5 Å². The normalized spacial score (nSPS) is 10.2. The number of methoxy groups -OCH3 is 1. The van der Waals surface area contributed by atoms with E-state index in [1.165, 1.54) is 7.11 Å². The Morgan fingerprint density at radius 2 is 2.32 bits per heavy atom. The standard InChI is InChI=1S/C12H15N5O2/c1-17-7-15-16-11(17)6-14-10-4-3-8(13)5-9(10)12(18)19-2/h3-5,7,14H,6,13H2,1-2H3. The second-order valence-corrected chi connectivity index (χ2v) is 4.01. The number of carbonyl (C=O) groups excluding carboxylic acids is 1. The Morgan fingerprint density at radius 3 is 2.95 bits per heavy atom. The lowest BCUT2D eigenvalue weighted by atomic mass is 10.1. The lowest BCUT2D eigenvalue weighted by molar-refractivity contribution is 0.0602. The van der Waals surface area contributed by atoms with E-state index in [9.17, 15) is 4.79 Å². The minimum atomic E-state index is -0.437. The van der Waals surface area contributed by atoms with Crippen LogP contribution in [-0.2, 0) is 18.3 Å². The molecular weight excluding hydrogens is 246 g/mol. The van der Waals surface area contributed by atoms with Crippen molar-refractivity contribution in [2.45, 2.75) is 6.54 Å². The largest absolute Gasteiger partial charge is 0.465 e. The molecule has 19 heavy (non-hydrogen) atoms. The molecule has 0 amide bonds. The van der Waals surface area contributed by atoms with E-state index in [2.05, 4.69) is 15.5 Å². The van der Waals surface area contributed by atoms with Gasteiger partial charge in [-0.2, -0.15) is 0 Å². The van der Waals surface area contributed by atoms with E-state index >= 15 is 0 Å². The van der Waals surface area contributed by atoms with Crippen LogP contribution in [0.5, 0.6) is 0 Å². The Bertz CT molecular complexity index is 594. The van der Waals surface area contributed by atoms with Crippen LogP contribution in [-0.4, -0.2) is 27.8 Å². The highest BCUT2D eigenvalue weighted by molar-refractivity contribution is 5.96. The molecule has 0 aliphatic rings. The summed E-state index contributed by atoms with van der Waals surface area (Å²) >= 11 is 0. The molecule has 0 saturated heterocycles. The molecule has 0 saturated carbocycles. The summed E-state index contributed by atoms with van der Waals surface area (Å²) in [5.41, 5.74) is 7.21. The van der Waals surface area contributed by atoms with Crippen molar-refractivity contribution in [3.8, 4) is 0 Å². The van der Waals surface area contributed by atoms with Gasteiger partial charge in [0.2, 0.25) is 0 Å². The summed E-state index contributed by atoms with van der Waals surface area (Å²) in [6, 6.07) is 5.02. The summed E-state index contributed by atoms with van der Waals surface area (Å²) in [6.45, 7) is 0.449. The van der Waals surface area contributed by atoms with Gasteiger partial charge in [0.15, 0.2) is 5.82 Å². The fourth-order valence-corrected chi connectivity index (χ4v) is 1.64. The van der Waals surface area contributed by atoms with Crippen molar-refractivity contribution < 1.29 is 9.53 Å². The Hall–Kier alpha value is -2.57. The second-order valence-electron chi connectivity index (χ2n) is 4.01. The number of ether oxygens (including phenoxy) is 1. The Labute approximate surface area is 110 Å². The van der Waals surface area contributed by atoms with Crippen molar-refractivity contribution in [3.63, 3.8) is 0 Å². The molecule has 2 rings (SSSR count). The molecule has 0 bridgehead atoms. The first kappa shape index (κ1) is 12.9. The highest BCUT2D eigenvalue weighted by atomic mass is 16.5. The molecule has 7 nitrogen and oxygen atoms in total. The molecule has 0 atom stereocenters. The topological polar surface area (TPSA) is 95.1 Å². The number of carbonyl (C=O) groups is 1. The zero-order valence-electron chi connectivity index (χ0n) is 10.8. The number of aromatic nitrogens is 3. The average molecular weight is 261 g/mol. The van der Waals surface area contributed by atoms with Gasteiger partial charge in [-0.25, -0.2) is 4.79 Å². The van der Waals surface area contributed by atoms with Crippen molar-refractivity contribution in [2.24, 2.45) is 7.05 Å². The van der Waals surface area contributed by atoms with Crippen molar-refractivity contribution in [3.05, 3.63) is 35.9 Å². The molecule has 100 valence electrons. The molecule has 1 heterocycles. The van der Waals surface area contributed by atoms with E-state index < -0.39 is 5.97 Å². The predicted octanol–water partition coefficient (Wildman–Crippen LogP) is 0.796. The summed E-state index contributed by atoms with van der Waals surface area (Å²) in [7, 11) is 3.18. The fourth-order valence-electron chi connectivity index (χ4n) is 1.64. The summed E-state index contributed by atoms with van der Waals surface area (Å²) in [5.74, 6) is 0.320. The van der Waals surface area contributed by atoms with Gasteiger partial charge in [0, 0.05) is 18.4 Å². The molecule has 0 aliphatic carbocycles. The van der Waals surface area contributed by atoms with Crippen LogP contribution in [0.2, 0.25) is 0 Å². The minimum Gasteiger partial charge on any atom is -0.465 e. The number of nitrogens with one attached hydrogen (secondary N) is 1.